The van der Waals surface area contributed by atoms with E-state index in [0.29, 0.717) is 0 Å². The lowest BCUT2D eigenvalue weighted by Crippen LogP contribution is -2.45. The van der Waals surface area contributed by atoms with E-state index in [1.165, 1.54) is 24.6 Å². The van der Waals surface area contributed by atoms with Gasteiger partial charge in [0, 0.05) is 0 Å². The molecule has 3 aliphatic rings. The van der Waals surface area contributed by atoms with Crippen LogP contribution >= 0.6 is 0 Å². The zero-order valence-corrected chi connectivity index (χ0v) is 17.8. The van der Waals surface area contributed by atoms with Gasteiger partial charge in [-0.15, -0.1) is 0 Å². The van der Waals surface area contributed by atoms with Gasteiger partial charge in [0.15, 0.2) is 0 Å². The minimum Gasteiger partial charge on any atom is -0.466 e. The van der Waals surface area contributed by atoms with Crippen molar-refractivity contribution in [3.05, 3.63) is 34.4 Å². The molecule has 8 heteroatoms. The minimum atomic E-state index is -1.99. The van der Waals surface area contributed by atoms with Crippen LogP contribution < -0.4 is 10.4 Å². The molecule has 2 bridgehead atoms. The van der Waals surface area contributed by atoms with E-state index < -0.39 is 40.8 Å². The molecule has 138 valence electrons. The lowest BCUT2D eigenvalue weighted by Gasteiger charge is -2.22. The van der Waals surface area contributed by atoms with Gasteiger partial charge >= 0.3 is 11.9 Å². The summed E-state index contributed by atoms with van der Waals surface area (Å²) in [6, 6.07) is 4.28. The molecule has 0 fully saturated rings. The number of methoxy groups -OCH3 is 2. The van der Waals surface area contributed by atoms with Gasteiger partial charge in [0.2, 0.25) is 16.6 Å². The fourth-order valence-electron chi connectivity index (χ4n) is 4.50. The van der Waals surface area contributed by atoms with Gasteiger partial charge in [0.1, 0.15) is 12.2 Å². The van der Waals surface area contributed by atoms with Gasteiger partial charge in [0.05, 0.1) is 25.4 Å². The van der Waals surface area contributed by atoms with Gasteiger partial charge in [-0.25, -0.2) is 9.59 Å². The Balaban J connectivity index is 1.92. The smallest absolute Gasteiger partial charge is 0.337 e. The van der Waals surface area contributed by atoms with Crippen molar-refractivity contribution in [3.63, 3.8) is 0 Å². The standard InChI is InChI=1S/C18H22O6Si2/c1-21-17(19)13-14(18(20)22-2)16-10-8-12-11(7-9(10)15(13)23-16)25(3,4)24-26(12,5)6/h7-8,15-16H,1-6H3/t15-,16+. The van der Waals surface area contributed by atoms with Crippen LogP contribution in [0.5, 0.6) is 0 Å². The van der Waals surface area contributed by atoms with Crippen molar-refractivity contribution in [3.8, 4) is 0 Å². The first-order chi connectivity index (χ1) is 12.1. The molecule has 0 saturated heterocycles. The number of ether oxygens (including phenoxy) is 3. The maximum atomic E-state index is 12.3. The highest BCUT2D eigenvalue weighted by molar-refractivity contribution is 7.05. The largest absolute Gasteiger partial charge is 0.466 e. The lowest BCUT2D eigenvalue weighted by atomic mass is 9.86. The number of esters is 2. The molecule has 0 aliphatic carbocycles. The molecule has 6 nitrogen and oxygen atoms in total. The molecule has 4 rings (SSSR count). The first-order valence-corrected chi connectivity index (χ1v) is 14.4. The van der Waals surface area contributed by atoms with Gasteiger partial charge in [0.25, 0.3) is 0 Å². The van der Waals surface area contributed by atoms with Gasteiger partial charge in [-0.3, -0.25) is 0 Å². The molecule has 3 aliphatic heterocycles. The van der Waals surface area contributed by atoms with Crippen LogP contribution in [0.1, 0.15) is 23.3 Å². The van der Waals surface area contributed by atoms with E-state index in [-0.39, 0.29) is 11.1 Å². The van der Waals surface area contributed by atoms with Crippen molar-refractivity contribution in [2.24, 2.45) is 0 Å². The Kier molecular flexibility index (Phi) is 3.66. The van der Waals surface area contributed by atoms with E-state index >= 15 is 0 Å². The molecule has 0 spiro atoms. The molecule has 0 radical (unpaired) electrons. The number of hydrogen-bond donors (Lipinski definition) is 0. The van der Waals surface area contributed by atoms with Gasteiger partial charge < -0.3 is 18.3 Å². The summed E-state index contributed by atoms with van der Waals surface area (Å²) in [5, 5.41) is 2.54. The monoisotopic (exact) mass is 390 g/mol. The first kappa shape index (κ1) is 17.7. The summed E-state index contributed by atoms with van der Waals surface area (Å²) in [5.41, 5.74) is 2.40. The van der Waals surface area contributed by atoms with E-state index in [2.05, 4.69) is 38.3 Å². The zero-order valence-electron chi connectivity index (χ0n) is 15.8. The Hall–Kier alpha value is -1.75. The Bertz CT molecular complexity index is 817. The second-order valence-electron chi connectivity index (χ2n) is 7.86. The summed E-state index contributed by atoms with van der Waals surface area (Å²) in [6.07, 6.45) is -1.17. The summed E-state index contributed by atoms with van der Waals surface area (Å²) in [7, 11) is -1.37. The molecule has 0 amide bonds. The normalized spacial score (nSPS) is 26.5. The number of carbonyl (C=O) groups is 2. The maximum absolute atomic E-state index is 12.3. The van der Waals surface area contributed by atoms with E-state index in [4.69, 9.17) is 18.3 Å². The minimum absolute atomic E-state index is 0.256. The third kappa shape index (κ3) is 2.16. The van der Waals surface area contributed by atoms with Crippen LogP contribution in [0.4, 0.5) is 0 Å². The predicted octanol–water partition coefficient (Wildman–Crippen LogP) is 1.31. The van der Waals surface area contributed by atoms with E-state index in [0.717, 1.165) is 11.1 Å². The number of rotatable bonds is 2. The summed E-state index contributed by atoms with van der Waals surface area (Å²) in [4.78, 5) is 24.7. The molecular formula is C18H22O6Si2. The molecular weight excluding hydrogens is 368 g/mol. The van der Waals surface area contributed by atoms with Crippen LogP contribution in [0.25, 0.3) is 0 Å². The maximum Gasteiger partial charge on any atom is 0.337 e. The van der Waals surface area contributed by atoms with Crippen molar-refractivity contribution >= 4 is 38.9 Å². The Morgan fingerprint density at radius 1 is 0.846 bits per heavy atom. The van der Waals surface area contributed by atoms with Gasteiger partial charge in [-0.2, -0.15) is 0 Å². The van der Waals surface area contributed by atoms with Crippen LogP contribution in [0.15, 0.2) is 23.3 Å². The molecule has 0 N–H and O–H groups in total. The molecule has 0 saturated carbocycles. The Morgan fingerprint density at radius 3 is 1.58 bits per heavy atom. The fraction of sp³-hybridized carbons (Fsp3) is 0.444. The number of carbonyl (C=O) groups excluding carboxylic acids is 2. The predicted molar refractivity (Wildman–Crippen MR) is 99.4 cm³/mol. The van der Waals surface area contributed by atoms with Crippen LogP contribution in [0.3, 0.4) is 0 Å². The average molecular weight is 391 g/mol. The summed E-state index contributed by atoms with van der Waals surface area (Å²) in [5.74, 6) is -1.10. The highest BCUT2D eigenvalue weighted by Gasteiger charge is 2.54. The topological polar surface area (TPSA) is 71.1 Å². The third-order valence-corrected chi connectivity index (χ3v) is 13.2. The van der Waals surface area contributed by atoms with E-state index in [1.807, 2.05) is 0 Å². The molecule has 1 aromatic rings. The number of hydrogen-bond acceptors (Lipinski definition) is 6. The average Bonchev–Trinajstić information content (AvgIpc) is 3.19. The summed E-state index contributed by atoms with van der Waals surface area (Å²) in [6.45, 7) is 8.80. The molecule has 0 unspecified atom stereocenters. The van der Waals surface area contributed by atoms with Crippen LogP contribution in [0, 0.1) is 0 Å². The quantitative estimate of drug-likeness (QED) is 0.560. The number of fused-ring (bicyclic) bond motifs is 6. The Labute approximate surface area is 154 Å². The van der Waals surface area contributed by atoms with E-state index in [9.17, 15) is 9.59 Å². The summed E-state index contributed by atoms with van der Waals surface area (Å²) < 4.78 is 22.3. The molecule has 3 heterocycles. The molecule has 26 heavy (non-hydrogen) atoms. The molecule has 0 aromatic heterocycles. The van der Waals surface area contributed by atoms with Crippen LogP contribution in [-0.2, 0) is 27.9 Å². The van der Waals surface area contributed by atoms with Crippen molar-refractivity contribution in [1.82, 2.24) is 0 Å². The third-order valence-electron chi connectivity index (χ3n) is 5.49. The SMILES string of the molecule is COC(=O)C1=C(C(=O)OC)[C@@H]2O[C@H]1c1cc3c(cc12)[Si](C)(C)O[Si]3(C)C. The highest BCUT2D eigenvalue weighted by atomic mass is 28.4. The second kappa shape index (κ2) is 5.38. The summed E-state index contributed by atoms with van der Waals surface area (Å²) >= 11 is 0. The van der Waals surface area contributed by atoms with Crippen molar-refractivity contribution < 1.29 is 27.9 Å². The van der Waals surface area contributed by atoms with Crippen molar-refractivity contribution in [2.75, 3.05) is 14.2 Å². The van der Waals surface area contributed by atoms with E-state index in [1.54, 1.807) is 0 Å². The van der Waals surface area contributed by atoms with Gasteiger partial charge in [-0.1, -0.05) is 12.1 Å². The molecule has 2 atom stereocenters. The first-order valence-electron chi connectivity index (χ1n) is 8.57. The second-order valence-corrected chi connectivity index (χ2v) is 15.8. The Morgan fingerprint density at radius 2 is 1.23 bits per heavy atom. The zero-order chi connectivity index (χ0) is 19.0. The highest BCUT2D eigenvalue weighted by Crippen LogP contribution is 2.54. The van der Waals surface area contributed by atoms with Gasteiger partial charge in [-0.05, 0) is 47.7 Å². The molecule has 1 aromatic carbocycles. The van der Waals surface area contributed by atoms with Crippen LogP contribution in [0.2, 0.25) is 26.2 Å². The fourth-order valence-corrected chi connectivity index (χ4v) is 14.7. The van der Waals surface area contributed by atoms with Crippen LogP contribution in [-0.4, -0.2) is 42.8 Å². The number of benzene rings is 1. The van der Waals surface area contributed by atoms with Crippen molar-refractivity contribution in [2.45, 2.75) is 38.4 Å². The lowest BCUT2D eigenvalue weighted by molar-refractivity contribution is -0.139. The van der Waals surface area contributed by atoms with Crippen molar-refractivity contribution in [1.29, 1.82) is 0 Å².